The van der Waals surface area contributed by atoms with E-state index in [0.29, 0.717) is 21.7 Å². The fourth-order valence-electron chi connectivity index (χ4n) is 3.10. The van der Waals surface area contributed by atoms with Crippen molar-refractivity contribution < 1.29 is 14.6 Å². The minimum Gasteiger partial charge on any atom is -0.480 e. The van der Waals surface area contributed by atoms with Gasteiger partial charge in [0.25, 0.3) is 0 Å². The van der Waals surface area contributed by atoms with Crippen LogP contribution in [0.2, 0.25) is 10.0 Å². The van der Waals surface area contributed by atoms with Crippen LogP contribution in [-0.4, -0.2) is 17.7 Å². The first kappa shape index (κ1) is 13.8. The van der Waals surface area contributed by atoms with Crippen LogP contribution in [0, 0.1) is 5.92 Å². The Bertz CT molecular complexity index is 608. The Morgan fingerprint density at radius 1 is 1.40 bits per heavy atom. The molecule has 0 aliphatic heterocycles. The van der Waals surface area contributed by atoms with E-state index in [4.69, 9.17) is 33.0 Å². The summed E-state index contributed by atoms with van der Waals surface area (Å²) in [5.41, 5.74) is 3.44. The first-order chi connectivity index (χ1) is 9.58. The van der Waals surface area contributed by atoms with Crippen molar-refractivity contribution in [1.82, 2.24) is 0 Å². The van der Waals surface area contributed by atoms with Crippen LogP contribution in [-0.2, 0) is 11.2 Å². The Labute approximate surface area is 127 Å². The summed E-state index contributed by atoms with van der Waals surface area (Å²) < 4.78 is 5.22. The first-order valence-corrected chi connectivity index (χ1v) is 7.39. The summed E-state index contributed by atoms with van der Waals surface area (Å²) in [7, 11) is 0. The molecule has 0 spiro atoms. The van der Waals surface area contributed by atoms with Crippen molar-refractivity contribution in [2.24, 2.45) is 5.92 Å². The Hall–Kier alpha value is -1.19. The number of halogens is 2. The second-order valence-corrected chi connectivity index (χ2v) is 5.97. The average Bonchev–Trinajstić information content (AvgIpc) is 2.79. The fraction of sp³-hybridized carbons (Fsp3) is 0.400. The van der Waals surface area contributed by atoms with Gasteiger partial charge < -0.3 is 9.84 Å². The number of aliphatic carboxylic acids is 1. The van der Waals surface area contributed by atoms with Crippen molar-refractivity contribution in [1.29, 1.82) is 0 Å². The molecule has 0 bridgehead atoms. The maximum Gasteiger partial charge on any atom is 0.341 e. The molecule has 1 aromatic rings. The summed E-state index contributed by atoms with van der Waals surface area (Å²) in [6.45, 7) is -0.416. The highest BCUT2D eigenvalue weighted by atomic mass is 35.5. The van der Waals surface area contributed by atoms with Crippen LogP contribution < -0.4 is 4.74 Å². The van der Waals surface area contributed by atoms with E-state index in [2.05, 4.69) is 6.08 Å². The smallest absolute Gasteiger partial charge is 0.341 e. The molecule has 1 atom stereocenters. The van der Waals surface area contributed by atoms with Crippen molar-refractivity contribution in [2.45, 2.75) is 25.7 Å². The van der Waals surface area contributed by atoms with E-state index < -0.39 is 12.6 Å². The SMILES string of the molecule is O=C(O)COc1cc2c(c(Cl)c1Cl)C1=CCCCC1C2. The van der Waals surface area contributed by atoms with Crippen LogP contribution in [0.25, 0.3) is 5.57 Å². The number of carboxylic acid groups (broad SMARTS) is 1. The monoisotopic (exact) mass is 312 g/mol. The van der Waals surface area contributed by atoms with Crippen LogP contribution in [0.4, 0.5) is 0 Å². The molecule has 20 heavy (non-hydrogen) atoms. The maximum atomic E-state index is 10.6. The third kappa shape index (κ3) is 2.29. The molecule has 0 saturated carbocycles. The Balaban J connectivity index is 2.01. The van der Waals surface area contributed by atoms with Gasteiger partial charge in [-0.1, -0.05) is 29.3 Å². The number of hydrogen-bond acceptors (Lipinski definition) is 2. The molecule has 0 heterocycles. The molecule has 0 fully saturated rings. The van der Waals surface area contributed by atoms with E-state index in [1.807, 2.05) is 6.07 Å². The highest BCUT2D eigenvalue weighted by Crippen LogP contribution is 2.50. The van der Waals surface area contributed by atoms with E-state index in [0.717, 1.165) is 24.0 Å². The van der Waals surface area contributed by atoms with E-state index in [-0.39, 0.29) is 0 Å². The molecule has 1 aromatic carbocycles. The van der Waals surface area contributed by atoms with Crippen LogP contribution in [0.5, 0.6) is 5.75 Å². The minimum absolute atomic E-state index is 0.304. The molecule has 2 aliphatic rings. The number of allylic oxidation sites excluding steroid dienone is 2. The zero-order valence-electron chi connectivity index (χ0n) is 10.8. The van der Waals surface area contributed by atoms with E-state index in [1.54, 1.807) is 0 Å². The average molecular weight is 313 g/mol. The van der Waals surface area contributed by atoms with Gasteiger partial charge in [-0.05, 0) is 48.8 Å². The van der Waals surface area contributed by atoms with Crippen LogP contribution in [0.15, 0.2) is 12.1 Å². The summed E-state index contributed by atoms with van der Waals surface area (Å²) in [5.74, 6) is -0.159. The molecule has 106 valence electrons. The Kier molecular flexibility index (Phi) is 3.65. The molecule has 2 aliphatic carbocycles. The zero-order valence-corrected chi connectivity index (χ0v) is 12.3. The second kappa shape index (κ2) is 5.30. The predicted molar refractivity (Wildman–Crippen MR) is 78.6 cm³/mol. The number of ether oxygens (including phenoxy) is 1. The number of carbonyl (C=O) groups is 1. The minimum atomic E-state index is -1.03. The zero-order chi connectivity index (χ0) is 14.3. The van der Waals surface area contributed by atoms with Crippen LogP contribution in [0.3, 0.4) is 0 Å². The van der Waals surface area contributed by atoms with Crippen LogP contribution >= 0.6 is 23.2 Å². The van der Waals surface area contributed by atoms with Crippen LogP contribution in [0.1, 0.15) is 30.4 Å². The van der Waals surface area contributed by atoms with Crippen molar-refractivity contribution >= 4 is 34.7 Å². The first-order valence-electron chi connectivity index (χ1n) is 6.64. The lowest BCUT2D eigenvalue weighted by molar-refractivity contribution is -0.139. The summed E-state index contributed by atoms with van der Waals surface area (Å²) in [6.07, 6.45) is 6.63. The summed E-state index contributed by atoms with van der Waals surface area (Å²) >= 11 is 12.6. The molecule has 3 nitrogen and oxygen atoms in total. The van der Waals surface area contributed by atoms with Gasteiger partial charge in [-0.15, -0.1) is 0 Å². The van der Waals surface area contributed by atoms with Gasteiger partial charge in [0.1, 0.15) is 10.8 Å². The number of benzene rings is 1. The van der Waals surface area contributed by atoms with Gasteiger partial charge in [0.05, 0.1) is 5.02 Å². The molecule has 0 saturated heterocycles. The maximum absolute atomic E-state index is 10.6. The highest BCUT2D eigenvalue weighted by Gasteiger charge is 2.32. The van der Waals surface area contributed by atoms with Gasteiger partial charge in [-0.25, -0.2) is 4.79 Å². The molecular formula is C15H14Cl2O3. The van der Waals surface area contributed by atoms with E-state index >= 15 is 0 Å². The van der Waals surface area contributed by atoms with Gasteiger partial charge in [-0.2, -0.15) is 0 Å². The normalized spacial score (nSPS) is 20.1. The van der Waals surface area contributed by atoms with Crippen molar-refractivity contribution in [3.8, 4) is 5.75 Å². The molecule has 0 radical (unpaired) electrons. The standard InChI is InChI=1S/C15H14Cl2O3/c16-14-11(20-7-12(18)19)6-9-5-8-3-1-2-4-10(8)13(9)15(14)17/h4,6,8H,1-3,5,7H2,(H,18,19). The summed E-state index contributed by atoms with van der Waals surface area (Å²) in [6, 6.07) is 1.84. The Morgan fingerprint density at radius 2 is 2.20 bits per heavy atom. The van der Waals surface area contributed by atoms with E-state index in [1.165, 1.54) is 18.4 Å². The molecule has 3 rings (SSSR count). The summed E-state index contributed by atoms with van der Waals surface area (Å²) in [4.78, 5) is 10.6. The van der Waals surface area contributed by atoms with Crippen molar-refractivity contribution in [3.05, 3.63) is 33.3 Å². The van der Waals surface area contributed by atoms with Gasteiger partial charge in [0.2, 0.25) is 0 Å². The fourth-order valence-corrected chi connectivity index (χ4v) is 3.63. The number of rotatable bonds is 3. The molecule has 0 amide bonds. The lowest BCUT2D eigenvalue weighted by Crippen LogP contribution is -2.10. The topological polar surface area (TPSA) is 46.5 Å². The van der Waals surface area contributed by atoms with Gasteiger partial charge in [0.15, 0.2) is 6.61 Å². The van der Waals surface area contributed by atoms with Gasteiger partial charge in [-0.3, -0.25) is 0 Å². The molecule has 5 heteroatoms. The van der Waals surface area contributed by atoms with Crippen molar-refractivity contribution in [3.63, 3.8) is 0 Å². The van der Waals surface area contributed by atoms with Gasteiger partial charge >= 0.3 is 5.97 Å². The lowest BCUT2D eigenvalue weighted by atomic mass is 9.88. The second-order valence-electron chi connectivity index (χ2n) is 5.21. The van der Waals surface area contributed by atoms with E-state index in [9.17, 15) is 4.79 Å². The molecule has 0 aromatic heterocycles. The Morgan fingerprint density at radius 3 is 2.95 bits per heavy atom. The predicted octanol–water partition coefficient (Wildman–Crippen LogP) is 4.20. The molecule has 1 unspecified atom stereocenters. The van der Waals surface area contributed by atoms with Crippen molar-refractivity contribution in [2.75, 3.05) is 6.61 Å². The summed E-state index contributed by atoms with van der Waals surface area (Å²) in [5, 5.41) is 9.48. The molecular weight excluding hydrogens is 299 g/mol. The number of hydrogen-bond donors (Lipinski definition) is 1. The van der Waals surface area contributed by atoms with Gasteiger partial charge in [0, 0.05) is 5.56 Å². The quantitative estimate of drug-likeness (QED) is 0.910. The largest absolute Gasteiger partial charge is 0.480 e. The highest BCUT2D eigenvalue weighted by molar-refractivity contribution is 6.44. The lowest BCUT2D eigenvalue weighted by Gasteiger charge is -2.17. The third-order valence-electron chi connectivity index (χ3n) is 3.92. The number of fused-ring (bicyclic) bond motifs is 3. The molecule has 1 N–H and O–H groups in total. The number of carboxylic acids is 1. The third-order valence-corrected chi connectivity index (χ3v) is 4.77.